The smallest absolute Gasteiger partial charge is 0.328 e. The number of nitrogens with one attached hydrogen (secondary N) is 1. The van der Waals surface area contributed by atoms with Crippen molar-refractivity contribution in [3.05, 3.63) is 35.7 Å². The maximum atomic E-state index is 12.1. The molecule has 0 fully saturated rings. The second kappa shape index (κ2) is 9.99. The van der Waals surface area contributed by atoms with Crippen molar-refractivity contribution in [1.82, 2.24) is 10.3 Å². The number of pyridine rings is 1. The third-order valence-electron chi connectivity index (χ3n) is 2.81. The van der Waals surface area contributed by atoms with Crippen LogP contribution in [0.5, 0.6) is 0 Å². The number of aromatic nitrogens is 1. The lowest BCUT2D eigenvalue weighted by atomic mass is 10.1. The van der Waals surface area contributed by atoms with E-state index in [1.807, 2.05) is 11.8 Å². The zero-order valence-electron chi connectivity index (χ0n) is 12.0. The molecule has 21 heavy (non-hydrogen) atoms. The topological polar surface area (TPSA) is 79.3 Å². The van der Waals surface area contributed by atoms with Gasteiger partial charge in [-0.25, -0.2) is 4.79 Å². The van der Waals surface area contributed by atoms with E-state index in [1.165, 1.54) is 18.5 Å². The fourth-order valence-corrected chi connectivity index (χ4v) is 2.25. The van der Waals surface area contributed by atoms with Gasteiger partial charge in [0.2, 0.25) is 0 Å². The van der Waals surface area contributed by atoms with Crippen molar-refractivity contribution in [2.24, 2.45) is 0 Å². The first-order valence-electron chi connectivity index (χ1n) is 6.77. The Morgan fingerprint density at radius 3 is 2.90 bits per heavy atom. The van der Waals surface area contributed by atoms with Crippen molar-refractivity contribution in [2.75, 3.05) is 18.6 Å². The molecule has 114 valence electrons. The van der Waals surface area contributed by atoms with Gasteiger partial charge in [0.15, 0.2) is 0 Å². The zero-order chi connectivity index (χ0) is 15.5. The van der Waals surface area contributed by atoms with Crippen molar-refractivity contribution >= 4 is 29.7 Å². The summed E-state index contributed by atoms with van der Waals surface area (Å²) in [6, 6.07) is 1.59. The van der Waals surface area contributed by atoms with Gasteiger partial charge in [0.25, 0.3) is 5.91 Å². The molecule has 0 aliphatic rings. The minimum atomic E-state index is -1.06. The van der Waals surface area contributed by atoms with Crippen LogP contribution in [-0.2, 0) is 4.79 Å². The normalized spacial score (nSPS) is 10.7. The number of amides is 1. The Morgan fingerprint density at radius 2 is 2.19 bits per heavy atom. The molecule has 6 heteroatoms. The average molecular weight is 308 g/mol. The first-order valence-corrected chi connectivity index (χ1v) is 8.16. The van der Waals surface area contributed by atoms with Crippen LogP contribution in [0.4, 0.5) is 0 Å². The van der Waals surface area contributed by atoms with Crippen LogP contribution in [0.2, 0.25) is 0 Å². The molecule has 0 radical (unpaired) electrons. The van der Waals surface area contributed by atoms with E-state index in [9.17, 15) is 9.59 Å². The monoisotopic (exact) mass is 308 g/mol. The molecule has 0 aliphatic carbocycles. The maximum Gasteiger partial charge on any atom is 0.328 e. The molecular weight excluding hydrogens is 288 g/mol. The number of carboxylic acid groups (broad SMARTS) is 1. The van der Waals surface area contributed by atoms with Crippen LogP contribution >= 0.6 is 11.8 Å². The fraction of sp³-hybridized carbons (Fsp3) is 0.400. The molecule has 0 atom stereocenters. The molecule has 1 rings (SSSR count). The summed E-state index contributed by atoms with van der Waals surface area (Å²) in [6.07, 6.45) is 10.6. The summed E-state index contributed by atoms with van der Waals surface area (Å²) in [6.45, 7) is 0.623. The summed E-state index contributed by atoms with van der Waals surface area (Å²) in [5, 5.41) is 11.5. The summed E-state index contributed by atoms with van der Waals surface area (Å²) >= 11 is 1.82. The molecule has 5 nitrogen and oxygen atoms in total. The number of nitrogens with zero attached hydrogens (tertiary/aromatic N) is 1. The first-order chi connectivity index (χ1) is 10.1. The molecule has 0 bridgehead atoms. The number of thioether (sulfide) groups is 1. The molecule has 1 amide bonds. The van der Waals surface area contributed by atoms with Crippen LogP contribution in [0.1, 0.15) is 35.2 Å². The molecule has 1 aromatic heterocycles. The van der Waals surface area contributed by atoms with E-state index >= 15 is 0 Å². The Morgan fingerprint density at radius 1 is 1.38 bits per heavy atom. The summed E-state index contributed by atoms with van der Waals surface area (Å²) in [5.74, 6) is -0.117. The standard InChI is InChI=1S/C15H20N2O3S/c1-21-10-4-2-3-8-17-15(20)13-7-9-16-11-12(13)5-6-14(18)19/h5-7,9,11H,2-4,8,10H2,1H3,(H,17,20)(H,18,19)/b6-5+. The van der Waals surface area contributed by atoms with Gasteiger partial charge in [-0.15, -0.1) is 0 Å². The third-order valence-corrected chi connectivity index (χ3v) is 3.51. The van der Waals surface area contributed by atoms with E-state index in [0.717, 1.165) is 31.1 Å². The van der Waals surface area contributed by atoms with Crippen LogP contribution in [0.25, 0.3) is 6.08 Å². The van der Waals surface area contributed by atoms with Gasteiger partial charge >= 0.3 is 5.97 Å². The molecule has 1 aromatic rings. The van der Waals surface area contributed by atoms with Crippen molar-refractivity contribution < 1.29 is 14.7 Å². The predicted molar refractivity (Wildman–Crippen MR) is 85.5 cm³/mol. The Labute approximate surface area is 128 Å². The van der Waals surface area contributed by atoms with Crippen LogP contribution < -0.4 is 5.32 Å². The summed E-state index contributed by atoms with van der Waals surface area (Å²) in [4.78, 5) is 26.5. The van der Waals surface area contributed by atoms with Gasteiger partial charge in [0.05, 0.1) is 0 Å². The average Bonchev–Trinajstić information content (AvgIpc) is 2.48. The molecule has 0 saturated heterocycles. The minimum Gasteiger partial charge on any atom is -0.478 e. The zero-order valence-corrected chi connectivity index (χ0v) is 12.9. The molecule has 0 aliphatic heterocycles. The number of unbranched alkanes of at least 4 members (excludes halogenated alkanes) is 2. The fourth-order valence-electron chi connectivity index (χ4n) is 1.75. The molecular formula is C15H20N2O3S. The molecule has 0 aromatic carbocycles. The van der Waals surface area contributed by atoms with Gasteiger partial charge in [-0.2, -0.15) is 11.8 Å². The SMILES string of the molecule is CSCCCCCNC(=O)c1ccncc1/C=C/C(=O)O. The summed E-state index contributed by atoms with van der Waals surface area (Å²) < 4.78 is 0. The van der Waals surface area contributed by atoms with Crippen LogP contribution in [-0.4, -0.2) is 40.5 Å². The number of aliphatic carboxylic acids is 1. The Bertz CT molecular complexity index is 503. The van der Waals surface area contributed by atoms with Crippen molar-refractivity contribution in [3.8, 4) is 0 Å². The minimum absolute atomic E-state index is 0.202. The van der Waals surface area contributed by atoms with Gasteiger partial charge in [-0.1, -0.05) is 6.42 Å². The number of hydrogen-bond donors (Lipinski definition) is 2. The number of hydrogen-bond acceptors (Lipinski definition) is 4. The van der Waals surface area contributed by atoms with Crippen LogP contribution in [0.3, 0.4) is 0 Å². The van der Waals surface area contributed by atoms with Gasteiger partial charge in [-0.3, -0.25) is 9.78 Å². The predicted octanol–water partition coefficient (Wildman–Crippen LogP) is 2.44. The number of rotatable bonds is 9. The lowest BCUT2D eigenvalue weighted by molar-refractivity contribution is -0.131. The van der Waals surface area contributed by atoms with Gasteiger partial charge < -0.3 is 10.4 Å². The highest BCUT2D eigenvalue weighted by atomic mass is 32.2. The number of carbonyl (C=O) groups is 2. The highest BCUT2D eigenvalue weighted by Gasteiger charge is 2.09. The molecule has 0 unspecified atom stereocenters. The van der Waals surface area contributed by atoms with Crippen molar-refractivity contribution in [3.63, 3.8) is 0 Å². The lowest BCUT2D eigenvalue weighted by Crippen LogP contribution is -2.25. The second-order valence-electron chi connectivity index (χ2n) is 4.44. The molecule has 2 N–H and O–H groups in total. The van der Waals surface area contributed by atoms with Crippen LogP contribution in [0, 0.1) is 0 Å². The highest BCUT2D eigenvalue weighted by molar-refractivity contribution is 7.98. The van der Waals surface area contributed by atoms with E-state index in [-0.39, 0.29) is 5.91 Å². The third kappa shape index (κ3) is 6.94. The van der Waals surface area contributed by atoms with Crippen LogP contribution in [0.15, 0.2) is 24.5 Å². The van der Waals surface area contributed by atoms with E-state index < -0.39 is 5.97 Å². The Balaban J connectivity index is 2.52. The largest absolute Gasteiger partial charge is 0.478 e. The van der Waals surface area contributed by atoms with E-state index in [4.69, 9.17) is 5.11 Å². The molecule has 1 heterocycles. The van der Waals surface area contributed by atoms with Crippen molar-refractivity contribution in [2.45, 2.75) is 19.3 Å². The molecule has 0 spiro atoms. The second-order valence-corrected chi connectivity index (χ2v) is 5.43. The van der Waals surface area contributed by atoms with Crippen molar-refractivity contribution in [1.29, 1.82) is 0 Å². The summed E-state index contributed by atoms with van der Waals surface area (Å²) in [7, 11) is 0. The lowest BCUT2D eigenvalue weighted by Gasteiger charge is -2.07. The van der Waals surface area contributed by atoms with Gasteiger partial charge in [-0.05, 0) is 37.0 Å². The summed E-state index contributed by atoms with van der Waals surface area (Å²) in [5.41, 5.74) is 0.936. The number of carboxylic acids is 1. The molecule has 0 saturated carbocycles. The van der Waals surface area contributed by atoms with E-state index in [2.05, 4.69) is 16.6 Å². The first kappa shape index (κ1) is 17.2. The van der Waals surface area contributed by atoms with E-state index in [0.29, 0.717) is 17.7 Å². The van der Waals surface area contributed by atoms with Gasteiger partial charge in [0.1, 0.15) is 0 Å². The Hall–Kier alpha value is -1.82. The quantitative estimate of drug-likeness (QED) is 0.541. The maximum absolute atomic E-state index is 12.1. The van der Waals surface area contributed by atoms with E-state index in [1.54, 1.807) is 6.07 Å². The van der Waals surface area contributed by atoms with Gasteiger partial charge in [0, 0.05) is 36.1 Å². The number of carbonyl (C=O) groups excluding carboxylic acids is 1. The Kier molecular flexibility index (Phi) is 8.19. The highest BCUT2D eigenvalue weighted by Crippen LogP contribution is 2.09.